The molecule has 1 aliphatic heterocycles. The van der Waals surface area contributed by atoms with Crippen molar-refractivity contribution in [1.82, 2.24) is 10.2 Å². The number of likely N-dealkylation sites (N-methyl/N-ethyl adjacent to an activating group) is 1. The smallest absolute Gasteiger partial charge is 0.226 e. The Bertz CT molecular complexity index is 744. The zero-order valence-corrected chi connectivity index (χ0v) is 15.8. The van der Waals surface area contributed by atoms with Crippen LogP contribution in [-0.2, 0) is 17.8 Å². The molecule has 1 fully saturated rings. The molecule has 1 amide bonds. The predicted molar refractivity (Wildman–Crippen MR) is 105 cm³/mol. The van der Waals surface area contributed by atoms with Gasteiger partial charge in [-0.25, -0.2) is 0 Å². The third kappa shape index (κ3) is 5.23. The highest BCUT2D eigenvalue weighted by atomic mass is 35.5. The number of rotatable bonds is 6. The van der Waals surface area contributed by atoms with Crippen molar-refractivity contribution < 1.29 is 9.53 Å². The van der Waals surface area contributed by atoms with E-state index in [4.69, 9.17) is 16.3 Å². The van der Waals surface area contributed by atoms with Crippen molar-refractivity contribution in [3.05, 3.63) is 64.7 Å². The average molecular weight is 373 g/mol. The Morgan fingerprint density at radius 2 is 1.88 bits per heavy atom. The second-order valence-corrected chi connectivity index (χ2v) is 7.17. The Morgan fingerprint density at radius 3 is 2.65 bits per heavy atom. The summed E-state index contributed by atoms with van der Waals surface area (Å²) in [6.07, 6.45) is 2.44. The summed E-state index contributed by atoms with van der Waals surface area (Å²) in [5.41, 5.74) is 1.99. The van der Waals surface area contributed by atoms with E-state index in [2.05, 4.69) is 5.32 Å². The van der Waals surface area contributed by atoms with E-state index in [1.807, 2.05) is 60.5 Å². The summed E-state index contributed by atoms with van der Waals surface area (Å²) in [5.74, 6) is 0.920. The molecule has 5 heteroatoms. The molecule has 1 saturated heterocycles. The van der Waals surface area contributed by atoms with Crippen molar-refractivity contribution in [3.8, 4) is 5.75 Å². The number of carbonyl (C=O) groups excluding carboxylic acids is 1. The first-order chi connectivity index (χ1) is 12.6. The van der Waals surface area contributed by atoms with Crippen LogP contribution in [-0.4, -0.2) is 37.0 Å². The van der Waals surface area contributed by atoms with Gasteiger partial charge >= 0.3 is 0 Å². The van der Waals surface area contributed by atoms with Crippen LogP contribution in [0, 0.1) is 0 Å². The van der Waals surface area contributed by atoms with Crippen molar-refractivity contribution >= 4 is 17.5 Å². The number of halogens is 1. The minimum absolute atomic E-state index is 0.156. The molecule has 0 bridgehead atoms. The second-order valence-electron chi connectivity index (χ2n) is 6.73. The van der Waals surface area contributed by atoms with E-state index in [1.54, 1.807) is 0 Å². The Labute approximate surface area is 160 Å². The topological polar surface area (TPSA) is 41.6 Å². The summed E-state index contributed by atoms with van der Waals surface area (Å²) in [7, 11) is 1.91. The summed E-state index contributed by atoms with van der Waals surface area (Å²) >= 11 is 6.00. The molecule has 0 atom stereocenters. The van der Waals surface area contributed by atoms with Crippen LogP contribution in [0.4, 0.5) is 0 Å². The van der Waals surface area contributed by atoms with Crippen LogP contribution in [0.3, 0.4) is 0 Å². The molecular formula is C21H25ClN2O2. The fourth-order valence-corrected chi connectivity index (χ4v) is 3.45. The first kappa shape index (κ1) is 18.7. The molecule has 0 saturated carbocycles. The summed E-state index contributed by atoms with van der Waals surface area (Å²) in [5, 5.41) is 4.03. The lowest BCUT2D eigenvalue weighted by Gasteiger charge is -2.31. The third-order valence-corrected chi connectivity index (χ3v) is 5.03. The van der Waals surface area contributed by atoms with Crippen LogP contribution in [0.5, 0.6) is 5.75 Å². The maximum atomic E-state index is 12.6. The zero-order chi connectivity index (χ0) is 18.4. The highest BCUT2D eigenvalue weighted by molar-refractivity contribution is 6.30. The van der Waals surface area contributed by atoms with Gasteiger partial charge in [0.05, 0.1) is 6.42 Å². The SMILES string of the molecule is CN(C(=O)Cc1cccc(OCc2cccc(Cl)c2)c1)C1CCNCC1. The van der Waals surface area contributed by atoms with Crippen LogP contribution >= 0.6 is 11.6 Å². The Hall–Kier alpha value is -2.04. The van der Waals surface area contributed by atoms with Crippen molar-refractivity contribution in [1.29, 1.82) is 0 Å². The fourth-order valence-electron chi connectivity index (χ4n) is 3.24. The van der Waals surface area contributed by atoms with Gasteiger partial charge in [-0.05, 0) is 61.3 Å². The van der Waals surface area contributed by atoms with E-state index in [1.165, 1.54) is 0 Å². The van der Waals surface area contributed by atoms with Crippen LogP contribution in [0.25, 0.3) is 0 Å². The molecule has 0 aromatic heterocycles. The number of piperidine rings is 1. The molecule has 2 aromatic carbocycles. The van der Waals surface area contributed by atoms with Gasteiger partial charge in [-0.3, -0.25) is 4.79 Å². The van der Waals surface area contributed by atoms with E-state index < -0.39 is 0 Å². The van der Waals surface area contributed by atoms with E-state index in [-0.39, 0.29) is 5.91 Å². The molecule has 138 valence electrons. The maximum absolute atomic E-state index is 12.6. The van der Waals surface area contributed by atoms with E-state index >= 15 is 0 Å². The summed E-state index contributed by atoms with van der Waals surface area (Å²) in [6.45, 7) is 2.41. The highest BCUT2D eigenvalue weighted by Crippen LogP contribution is 2.18. The molecule has 1 N–H and O–H groups in total. The summed E-state index contributed by atoms with van der Waals surface area (Å²) < 4.78 is 5.85. The summed E-state index contributed by atoms with van der Waals surface area (Å²) in [6, 6.07) is 15.7. The number of nitrogens with one attached hydrogen (secondary N) is 1. The Kier molecular flexibility index (Phi) is 6.53. The largest absolute Gasteiger partial charge is 0.489 e. The Morgan fingerprint density at radius 1 is 1.15 bits per heavy atom. The monoisotopic (exact) mass is 372 g/mol. The third-order valence-electron chi connectivity index (χ3n) is 4.80. The highest BCUT2D eigenvalue weighted by Gasteiger charge is 2.21. The number of nitrogens with zero attached hydrogens (tertiary/aromatic N) is 1. The van der Waals surface area contributed by atoms with Gasteiger partial charge in [0.2, 0.25) is 5.91 Å². The molecule has 0 aliphatic carbocycles. The first-order valence-electron chi connectivity index (χ1n) is 9.04. The zero-order valence-electron chi connectivity index (χ0n) is 15.1. The van der Waals surface area contributed by atoms with Gasteiger partial charge in [0.1, 0.15) is 12.4 Å². The lowest BCUT2D eigenvalue weighted by Crippen LogP contribution is -2.44. The number of hydrogen-bond acceptors (Lipinski definition) is 3. The molecule has 26 heavy (non-hydrogen) atoms. The molecule has 0 radical (unpaired) electrons. The molecule has 2 aromatic rings. The number of amides is 1. The van der Waals surface area contributed by atoms with Crippen molar-refractivity contribution in [2.24, 2.45) is 0 Å². The van der Waals surface area contributed by atoms with Gasteiger partial charge < -0.3 is 15.0 Å². The molecule has 4 nitrogen and oxygen atoms in total. The van der Waals surface area contributed by atoms with Gasteiger partial charge in [-0.2, -0.15) is 0 Å². The molecular weight excluding hydrogens is 348 g/mol. The van der Waals surface area contributed by atoms with Gasteiger partial charge in [-0.1, -0.05) is 35.9 Å². The molecule has 1 aliphatic rings. The lowest BCUT2D eigenvalue weighted by molar-refractivity contribution is -0.131. The number of carbonyl (C=O) groups is 1. The minimum Gasteiger partial charge on any atom is -0.489 e. The van der Waals surface area contributed by atoms with Gasteiger partial charge in [-0.15, -0.1) is 0 Å². The van der Waals surface area contributed by atoms with Crippen LogP contribution in [0.15, 0.2) is 48.5 Å². The fraction of sp³-hybridized carbons (Fsp3) is 0.381. The van der Waals surface area contributed by atoms with Crippen molar-refractivity contribution in [3.63, 3.8) is 0 Å². The molecule has 0 unspecified atom stereocenters. The minimum atomic E-state index is 0.156. The quantitative estimate of drug-likeness (QED) is 0.841. The van der Waals surface area contributed by atoms with Crippen LogP contribution in [0.1, 0.15) is 24.0 Å². The van der Waals surface area contributed by atoms with E-state index in [0.717, 1.165) is 42.8 Å². The predicted octanol–water partition coefficient (Wildman–Crippen LogP) is 3.67. The maximum Gasteiger partial charge on any atom is 0.226 e. The van der Waals surface area contributed by atoms with Crippen molar-refractivity contribution in [2.45, 2.75) is 31.9 Å². The van der Waals surface area contributed by atoms with Crippen LogP contribution < -0.4 is 10.1 Å². The second kappa shape index (κ2) is 9.06. The van der Waals surface area contributed by atoms with Gasteiger partial charge in [0.25, 0.3) is 0 Å². The van der Waals surface area contributed by atoms with Crippen LogP contribution in [0.2, 0.25) is 5.02 Å². The molecule has 3 rings (SSSR count). The van der Waals surface area contributed by atoms with Gasteiger partial charge in [0.15, 0.2) is 0 Å². The average Bonchev–Trinajstić information content (AvgIpc) is 2.67. The summed E-state index contributed by atoms with van der Waals surface area (Å²) in [4.78, 5) is 14.5. The standard InChI is InChI=1S/C21H25ClN2O2/c1-24(19-8-10-23-11-9-19)21(25)14-16-4-3-7-20(13-16)26-15-17-5-2-6-18(22)12-17/h2-7,12-13,19,23H,8-11,14-15H2,1H3. The van der Waals surface area contributed by atoms with Crippen molar-refractivity contribution in [2.75, 3.05) is 20.1 Å². The normalized spacial score (nSPS) is 14.8. The first-order valence-corrected chi connectivity index (χ1v) is 9.42. The number of hydrogen-bond donors (Lipinski definition) is 1. The Balaban J connectivity index is 1.57. The molecule has 0 spiro atoms. The number of benzene rings is 2. The van der Waals surface area contributed by atoms with E-state index in [0.29, 0.717) is 24.1 Å². The molecule has 1 heterocycles. The van der Waals surface area contributed by atoms with E-state index in [9.17, 15) is 4.79 Å². The van der Waals surface area contributed by atoms with Gasteiger partial charge in [0, 0.05) is 18.1 Å². The number of ether oxygens (including phenoxy) is 1. The lowest BCUT2D eigenvalue weighted by atomic mass is 10.0.